The standard InChI is InChI=1S/C18H20N4O4/c1-10-19-13-6-5-11(7-14(13)20-10)21-18(23)22-12-8-15(24-2)17(26-4)16(9-12)25-3/h5-9,19-20H,1H2,2-4H3,(H2,21,22,23). The first-order chi connectivity index (χ1) is 12.5. The number of benzene rings is 2. The Bertz CT molecular complexity index is 841. The molecule has 0 radical (unpaired) electrons. The summed E-state index contributed by atoms with van der Waals surface area (Å²) in [5.41, 5.74) is 2.90. The van der Waals surface area contributed by atoms with Gasteiger partial charge in [0, 0.05) is 17.8 Å². The van der Waals surface area contributed by atoms with E-state index in [2.05, 4.69) is 27.8 Å². The van der Waals surface area contributed by atoms with Gasteiger partial charge in [-0.2, -0.15) is 0 Å². The lowest BCUT2D eigenvalue weighted by Crippen LogP contribution is -2.19. The Hall–Kier alpha value is -3.55. The van der Waals surface area contributed by atoms with E-state index in [1.165, 1.54) is 21.3 Å². The second-order valence-corrected chi connectivity index (χ2v) is 5.48. The normalized spacial score (nSPS) is 11.7. The number of hydrogen-bond acceptors (Lipinski definition) is 6. The zero-order valence-electron chi connectivity index (χ0n) is 14.7. The van der Waals surface area contributed by atoms with Crippen LogP contribution < -0.4 is 35.5 Å². The molecule has 3 rings (SSSR count). The number of ether oxygens (including phenoxy) is 3. The van der Waals surface area contributed by atoms with E-state index in [9.17, 15) is 4.79 Å². The number of anilines is 4. The maximum Gasteiger partial charge on any atom is 0.323 e. The summed E-state index contributed by atoms with van der Waals surface area (Å²) in [6.45, 7) is 3.81. The zero-order chi connectivity index (χ0) is 18.7. The van der Waals surface area contributed by atoms with Gasteiger partial charge in [-0.1, -0.05) is 6.58 Å². The molecule has 0 fully saturated rings. The van der Waals surface area contributed by atoms with Crippen molar-refractivity contribution < 1.29 is 19.0 Å². The van der Waals surface area contributed by atoms with Crippen LogP contribution in [0.15, 0.2) is 42.7 Å². The van der Waals surface area contributed by atoms with Crippen LogP contribution in [-0.2, 0) is 0 Å². The monoisotopic (exact) mass is 356 g/mol. The van der Waals surface area contributed by atoms with E-state index in [0.29, 0.717) is 34.4 Å². The van der Waals surface area contributed by atoms with Gasteiger partial charge in [0.25, 0.3) is 0 Å². The highest BCUT2D eigenvalue weighted by Gasteiger charge is 2.16. The molecule has 0 bridgehead atoms. The number of amides is 2. The topological polar surface area (TPSA) is 92.9 Å². The van der Waals surface area contributed by atoms with Crippen molar-refractivity contribution in [3.05, 3.63) is 42.7 Å². The van der Waals surface area contributed by atoms with Crippen LogP contribution in [0, 0.1) is 0 Å². The van der Waals surface area contributed by atoms with Crippen LogP contribution in [0.1, 0.15) is 0 Å². The Kier molecular flexibility index (Phi) is 4.74. The number of nitrogens with one attached hydrogen (secondary N) is 4. The van der Waals surface area contributed by atoms with Gasteiger partial charge < -0.3 is 35.5 Å². The summed E-state index contributed by atoms with van der Waals surface area (Å²) in [4.78, 5) is 12.3. The van der Waals surface area contributed by atoms with Crippen LogP contribution in [0.25, 0.3) is 0 Å². The molecule has 0 saturated carbocycles. The highest BCUT2D eigenvalue weighted by Crippen LogP contribution is 2.40. The molecule has 8 nitrogen and oxygen atoms in total. The second kappa shape index (κ2) is 7.14. The molecule has 26 heavy (non-hydrogen) atoms. The lowest BCUT2D eigenvalue weighted by Gasteiger charge is -2.15. The van der Waals surface area contributed by atoms with Gasteiger partial charge in [0.2, 0.25) is 5.75 Å². The number of fused-ring (bicyclic) bond motifs is 1. The minimum absolute atomic E-state index is 0.399. The van der Waals surface area contributed by atoms with Crippen LogP contribution in [0.3, 0.4) is 0 Å². The molecule has 0 atom stereocenters. The molecule has 0 saturated heterocycles. The van der Waals surface area contributed by atoms with Crippen LogP contribution >= 0.6 is 0 Å². The van der Waals surface area contributed by atoms with E-state index < -0.39 is 6.03 Å². The maximum atomic E-state index is 12.3. The fourth-order valence-electron chi connectivity index (χ4n) is 2.64. The Morgan fingerprint density at radius 1 is 0.885 bits per heavy atom. The first-order valence-electron chi connectivity index (χ1n) is 7.79. The fraction of sp³-hybridized carbons (Fsp3) is 0.167. The first kappa shape index (κ1) is 17.3. The Morgan fingerprint density at radius 3 is 2.12 bits per heavy atom. The second-order valence-electron chi connectivity index (χ2n) is 5.48. The van der Waals surface area contributed by atoms with E-state index in [1.54, 1.807) is 18.2 Å². The average molecular weight is 356 g/mol. The van der Waals surface area contributed by atoms with Crippen molar-refractivity contribution in [3.63, 3.8) is 0 Å². The highest BCUT2D eigenvalue weighted by molar-refractivity contribution is 6.01. The van der Waals surface area contributed by atoms with Crippen LogP contribution in [0.4, 0.5) is 27.5 Å². The van der Waals surface area contributed by atoms with Gasteiger partial charge in [-0.05, 0) is 18.2 Å². The van der Waals surface area contributed by atoms with Crippen molar-refractivity contribution in [1.29, 1.82) is 0 Å². The average Bonchev–Trinajstić information content (AvgIpc) is 2.99. The number of hydrogen-bond donors (Lipinski definition) is 4. The molecule has 8 heteroatoms. The molecule has 0 unspecified atom stereocenters. The van der Waals surface area contributed by atoms with Crippen molar-refractivity contribution in [2.75, 3.05) is 42.6 Å². The molecular weight excluding hydrogens is 336 g/mol. The molecule has 2 aromatic carbocycles. The lowest BCUT2D eigenvalue weighted by atomic mass is 10.2. The molecule has 2 amide bonds. The van der Waals surface area contributed by atoms with E-state index >= 15 is 0 Å². The fourth-order valence-corrected chi connectivity index (χ4v) is 2.64. The van der Waals surface area contributed by atoms with Crippen molar-refractivity contribution in [2.45, 2.75) is 0 Å². The van der Waals surface area contributed by atoms with E-state index in [4.69, 9.17) is 14.2 Å². The van der Waals surface area contributed by atoms with Crippen molar-refractivity contribution in [3.8, 4) is 17.2 Å². The Labute approximate surface area is 151 Å². The van der Waals surface area contributed by atoms with E-state index in [-0.39, 0.29) is 0 Å². The first-order valence-corrected chi connectivity index (χ1v) is 7.79. The Morgan fingerprint density at radius 2 is 1.50 bits per heavy atom. The van der Waals surface area contributed by atoms with Crippen LogP contribution in [0.2, 0.25) is 0 Å². The SMILES string of the molecule is C=C1Nc2ccc(NC(=O)Nc3cc(OC)c(OC)c(OC)c3)cc2N1. The van der Waals surface area contributed by atoms with Gasteiger partial charge in [-0.15, -0.1) is 0 Å². The Balaban J connectivity index is 1.74. The minimum Gasteiger partial charge on any atom is -0.493 e. The third kappa shape index (κ3) is 3.44. The molecule has 0 aliphatic carbocycles. The van der Waals surface area contributed by atoms with Gasteiger partial charge in [-0.25, -0.2) is 4.79 Å². The predicted molar refractivity (Wildman–Crippen MR) is 102 cm³/mol. The lowest BCUT2D eigenvalue weighted by molar-refractivity contribution is 0.262. The van der Waals surface area contributed by atoms with Crippen molar-refractivity contribution in [2.24, 2.45) is 0 Å². The van der Waals surface area contributed by atoms with Crippen molar-refractivity contribution >= 4 is 28.8 Å². The third-order valence-corrected chi connectivity index (χ3v) is 3.77. The summed E-state index contributed by atoms with van der Waals surface area (Å²) in [5, 5.41) is 11.7. The quantitative estimate of drug-likeness (QED) is 0.653. The summed E-state index contributed by atoms with van der Waals surface area (Å²) < 4.78 is 15.8. The number of rotatable bonds is 5. The molecule has 1 aliphatic heterocycles. The summed E-state index contributed by atoms with van der Waals surface area (Å²) in [6.07, 6.45) is 0. The van der Waals surface area contributed by atoms with Gasteiger partial charge in [0.05, 0.1) is 38.4 Å². The number of carbonyl (C=O) groups is 1. The number of methoxy groups -OCH3 is 3. The van der Waals surface area contributed by atoms with E-state index in [0.717, 1.165) is 11.4 Å². The van der Waals surface area contributed by atoms with Gasteiger partial charge in [0.15, 0.2) is 11.5 Å². The summed E-state index contributed by atoms with van der Waals surface area (Å²) in [5.74, 6) is 2.05. The highest BCUT2D eigenvalue weighted by atomic mass is 16.5. The smallest absolute Gasteiger partial charge is 0.323 e. The van der Waals surface area contributed by atoms with Gasteiger partial charge in [-0.3, -0.25) is 0 Å². The molecule has 136 valence electrons. The zero-order valence-corrected chi connectivity index (χ0v) is 14.7. The third-order valence-electron chi connectivity index (χ3n) is 3.77. The van der Waals surface area contributed by atoms with Crippen LogP contribution in [-0.4, -0.2) is 27.4 Å². The molecule has 1 aliphatic rings. The molecule has 1 heterocycles. The molecule has 0 aromatic heterocycles. The summed E-state index contributed by atoms with van der Waals surface area (Å²) >= 11 is 0. The van der Waals surface area contributed by atoms with E-state index in [1.807, 2.05) is 12.1 Å². The summed E-state index contributed by atoms with van der Waals surface area (Å²) in [6, 6.07) is 8.37. The number of urea groups is 1. The minimum atomic E-state index is -0.399. The summed E-state index contributed by atoms with van der Waals surface area (Å²) in [7, 11) is 4.55. The molecule has 0 spiro atoms. The van der Waals surface area contributed by atoms with Crippen molar-refractivity contribution in [1.82, 2.24) is 0 Å². The molecule has 4 N–H and O–H groups in total. The van der Waals surface area contributed by atoms with Gasteiger partial charge in [0.1, 0.15) is 5.82 Å². The van der Waals surface area contributed by atoms with Gasteiger partial charge >= 0.3 is 6.03 Å². The number of carbonyl (C=O) groups excluding carboxylic acids is 1. The molecular formula is C18H20N4O4. The maximum absolute atomic E-state index is 12.3. The predicted octanol–water partition coefficient (Wildman–Crippen LogP) is 3.67. The van der Waals surface area contributed by atoms with Crippen LogP contribution in [0.5, 0.6) is 17.2 Å². The largest absolute Gasteiger partial charge is 0.493 e. The molecule has 2 aromatic rings.